The molecule has 18 heavy (non-hydrogen) atoms. The molecule has 1 aromatic carbocycles. The van der Waals surface area contributed by atoms with Gasteiger partial charge in [-0.1, -0.05) is 19.9 Å². The van der Waals surface area contributed by atoms with E-state index >= 15 is 0 Å². The molecule has 1 aromatic rings. The number of hydrogen-bond donors (Lipinski definition) is 1. The third kappa shape index (κ3) is 2.14. The van der Waals surface area contributed by atoms with Gasteiger partial charge in [0.15, 0.2) is 0 Å². The van der Waals surface area contributed by atoms with Crippen LogP contribution in [-0.2, 0) is 6.42 Å². The van der Waals surface area contributed by atoms with E-state index in [1.807, 2.05) is 0 Å². The topological polar surface area (TPSA) is 29.3 Å². The maximum Gasteiger partial charge on any atom is 0.0354 e. The zero-order valence-electron chi connectivity index (χ0n) is 11.6. The molecule has 98 valence electrons. The molecule has 1 heterocycles. The van der Waals surface area contributed by atoms with Crippen molar-refractivity contribution in [1.82, 2.24) is 4.90 Å². The molecule has 1 aliphatic carbocycles. The van der Waals surface area contributed by atoms with E-state index in [0.29, 0.717) is 11.5 Å². The van der Waals surface area contributed by atoms with Crippen LogP contribution in [-0.4, -0.2) is 18.0 Å². The van der Waals surface area contributed by atoms with Crippen molar-refractivity contribution < 1.29 is 0 Å². The Balaban J connectivity index is 1.83. The third-order valence-electron chi connectivity index (χ3n) is 4.58. The minimum absolute atomic E-state index is 0.481. The molecule has 0 bridgehead atoms. The average molecular weight is 244 g/mol. The Kier molecular flexibility index (Phi) is 2.86. The van der Waals surface area contributed by atoms with Crippen LogP contribution in [0.4, 0.5) is 5.69 Å². The minimum atomic E-state index is 0.481. The van der Waals surface area contributed by atoms with Crippen molar-refractivity contribution in [1.29, 1.82) is 0 Å². The Morgan fingerprint density at radius 3 is 2.94 bits per heavy atom. The number of nitrogen functional groups attached to an aromatic ring is 1. The summed E-state index contributed by atoms with van der Waals surface area (Å²) in [6, 6.07) is 7.13. The lowest BCUT2D eigenvalue weighted by Gasteiger charge is -2.41. The molecule has 1 fully saturated rings. The summed E-state index contributed by atoms with van der Waals surface area (Å²) in [7, 11) is 0. The van der Waals surface area contributed by atoms with Gasteiger partial charge in [-0.3, -0.25) is 4.90 Å². The molecule has 1 aliphatic heterocycles. The molecule has 0 radical (unpaired) electrons. The van der Waals surface area contributed by atoms with E-state index in [0.717, 1.165) is 5.69 Å². The number of anilines is 1. The predicted molar refractivity (Wildman–Crippen MR) is 76.5 cm³/mol. The molecule has 2 N–H and O–H groups in total. The Morgan fingerprint density at radius 2 is 2.17 bits per heavy atom. The van der Waals surface area contributed by atoms with Crippen LogP contribution >= 0.6 is 0 Å². The summed E-state index contributed by atoms with van der Waals surface area (Å²) >= 11 is 0. The number of fused-ring (bicyclic) bond motifs is 1. The van der Waals surface area contributed by atoms with Crippen molar-refractivity contribution >= 4 is 5.69 Å². The summed E-state index contributed by atoms with van der Waals surface area (Å²) in [5.41, 5.74) is 10.3. The Bertz CT molecular complexity index is 450. The first-order valence-corrected chi connectivity index (χ1v) is 7.17. The second-order valence-corrected chi connectivity index (χ2v) is 6.75. The lowest BCUT2D eigenvalue weighted by Crippen LogP contribution is -2.41. The quantitative estimate of drug-likeness (QED) is 0.767. The number of nitrogens with zero attached hydrogens (tertiary/aromatic N) is 1. The summed E-state index contributed by atoms with van der Waals surface area (Å²) in [4.78, 5) is 2.70. The summed E-state index contributed by atoms with van der Waals surface area (Å²) in [6.45, 7) is 7.30. The van der Waals surface area contributed by atoms with Crippen molar-refractivity contribution in [2.75, 3.05) is 18.8 Å². The zero-order valence-corrected chi connectivity index (χ0v) is 11.6. The molecule has 0 saturated carbocycles. The largest absolute Gasteiger partial charge is 0.399 e. The fourth-order valence-electron chi connectivity index (χ4n) is 3.73. The van der Waals surface area contributed by atoms with Crippen LogP contribution < -0.4 is 5.73 Å². The molecule has 1 unspecified atom stereocenters. The first-order valence-electron chi connectivity index (χ1n) is 7.17. The predicted octanol–water partition coefficient (Wildman–Crippen LogP) is 3.38. The van der Waals surface area contributed by atoms with Gasteiger partial charge < -0.3 is 5.73 Å². The van der Waals surface area contributed by atoms with Crippen molar-refractivity contribution in [3.63, 3.8) is 0 Å². The van der Waals surface area contributed by atoms with Crippen molar-refractivity contribution in [2.24, 2.45) is 5.41 Å². The van der Waals surface area contributed by atoms with Crippen LogP contribution in [0.3, 0.4) is 0 Å². The van der Waals surface area contributed by atoms with E-state index in [1.54, 1.807) is 0 Å². The number of rotatable bonds is 1. The first-order chi connectivity index (χ1) is 8.55. The number of hydrogen-bond acceptors (Lipinski definition) is 2. The highest BCUT2D eigenvalue weighted by atomic mass is 15.2. The Morgan fingerprint density at radius 1 is 1.33 bits per heavy atom. The van der Waals surface area contributed by atoms with Gasteiger partial charge in [-0.25, -0.2) is 0 Å². The van der Waals surface area contributed by atoms with Gasteiger partial charge in [0.2, 0.25) is 0 Å². The van der Waals surface area contributed by atoms with Crippen molar-refractivity contribution in [3.8, 4) is 0 Å². The molecule has 3 rings (SSSR count). The van der Waals surface area contributed by atoms with Crippen LogP contribution in [0.5, 0.6) is 0 Å². The van der Waals surface area contributed by atoms with Gasteiger partial charge in [-0.2, -0.15) is 0 Å². The van der Waals surface area contributed by atoms with Crippen LogP contribution in [0, 0.1) is 5.41 Å². The highest BCUT2D eigenvalue weighted by Crippen LogP contribution is 2.40. The van der Waals surface area contributed by atoms with Gasteiger partial charge in [-0.15, -0.1) is 0 Å². The monoisotopic (exact) mass is 244 g/mol. The molecular formula is C16H24N2. The fourth-order valence-corrected chi connectivity index (χ4v) is 3.73. The van der Waals surface area contributed by atoms with E-state index in [9.17, 15) is 0 Å². The molecule has 2 nitrogen and oxygen atoms in total. The van der Waals surface area contributed by atoms with Crippen LogP contribution in [0.2, 0.25) is 0 Å². The average Bonchev–Trinajstić information content (AvgIpc) is 2.70. The fraction of sp³-hybridized carbons (Fsp3) is 0.625. The molecule has 1 atom stereocenters. The van der Waals surface area contributed by atoms with E-state index in [1.165, 1.54) is 49.9 Å². The van der Waals surface area contributed by atoms with Crippen molar-refractivity contribution in [3.05, 3.63) is 29.3 Å². The summed E-state index contributed by atoms with van der Waals surface area (Å²) in [6.07, 6.45) is 5.18. The Labute approximate surface area is 110 Å². The molecule has 2 heteroatoms. The van der Waals surface area contributed by atoms with Gasteiger partial charge in [0.1, 0.15) is 0 Å². The first kappa shape index (κ1) is 12.0. The number of piperidine rings is 1. The summed E-state index contributed by atoms with van der Waals surface area (Å²) in [5.74, 6) is 0. The van der Waals surface area contributed by atoms with Gasteiger partial charge in [0.25, 0.3) is 0 Å². The Hall–Kier alpha value is -1.02. The second-order valence-electron chi connectivity index (χ2n) is 6.75. The lowest BCUT2D eigenvalue weighted by molar-refractivity contribution is 0.0781. The zero-order chi connectivity index (χ0) is 12.8. The number of nitrogens with two attached hydrogens (primary N) is 1. The van der Waals surface area contributed by atoms with Crippen LogP contribution in [0.15, 0.2) is 18.2 Å². The van der Waals surface area contributed by atoms with Crippen molar-refractivity contribution in [2.45, 2.75) is 45.6 Å². The van der Waals surface area contributed by atoms with Gasteiger partial charge in [-0.05, 0) is 60.9 Å². The highest BCUT2D eigenvalue weighted by Gasteiger charge is 2.34. The SMILES string of the molecule is CC1(C)CCCN(C2CCc3cc(N)ccc32)C1. The molecule has 0 amide bonds. The number of aryl methyl sites for hydroxylation is 1. The molecule has 2 aliphatic rings. The molecule has 0 aromatic heterocycles. The number of likely N-dealkylation sites (tertiary alicyclic amines) is 1. The number of benzene rings is 1. The molecule has 0 spiro atoms. The maximum atomic E-state index is 5.88. The summed E-state index contributed by atoms with van der Waals surface area (Å²) < 4.78 is 0. The summed E-state index contributed by atoms with van der Waals surface area (Å²) in [5, 5.41) is 0. The van der Waals surface area contributed by atoms with Gasteiger partial charge in [0, 0.05) is 18.3 Å². The van der Waals surface area contributed by atoms with E-state index < -0.39 is 0 Å². The van der Waals surface area contributed by atoms with Gasteiger partial charge in [0.05, 0.1) is 0 Å². The third-order valence-corrected chi connectivity index (χ3v) is 4.58. The normalized spacial score (nSPS) is 27.1. The van der Waals surface area contributed by atoms with E-state index in [4.69, 9.17) is 5.73 Å². The van der Waals surface area contributed by atoms with Crippen LogP contribution in [0.25, 0.3) is 0 Å². The highest BCUT2D eigenvalue weighted by molar-refractivity contribution is 5.47. The van der Waals surface area contributed by atoms with Crippen LogP contribution in [0.1, 0.15) is 50.3 Å². The smallest absolute Gasteiger partial charge is 0.0354 e. The second kappa shape index (κ2) is 4.27. The maximum absolute atomic E-state index is 5.88. The molecular weight excluding hydrogens is 220 g/mol. The molecule has 1 saturated heterocycles. The van der Waals surface area contributed by atoms with Gasteiger partial charge >= 0.3 is 0 Å². The van der Waals surface area contributed by atoms with E-state index in [-0.39, 0.29) is 0 Å². The minimum Gasteiger partial charge on any atom is -0.399 e. The standard InChI is InChI=1S/C16H24N2/c1-16(2)8-3-9-18(11-16)15-7-4-12-10-13(17)5-6-14(12)15/h5-6,10,15H,3-4,7-9,11,17H2,1-2H3. The van der Waals surface area contributed by atoms with E-state index in [2.05, 4.69) is 36.9 Å². The lowest BCUT2D eigenvalue weighted by atomic mass is 9.83.